The van der Waals surface area contributed by atoms with Crippen LogP contribution in [0.1, 0.15) is 27.7 Å². The lowest BCUT2D eigenvalue weighted by Gasteiger charge is -2.34. The summed E-state index contributed by atoms with van der Waals surface area (Å²) in [6.07, 6.45) is 0.768. The van der Waals surface area contributed by atoms with Crippen molar-refractivity contribution >= 4 is 16.3 Å². The Labute approximate surface area is 100 Å². The molecule has 0 aliphatic rings. The van der Waals surface area contributed by atoms with Crippen molar-refractivity contribution in [2.24, 2.45) is 0 Å². The molecule has 0 aromatic heterocycles. The quantitative estimate of drug-likeness (QED) is 0.307. The van der Waals surface area contributed by atoms with Crippen LogP contribution in [0.15, 0.2) is 0 Å². The lowest BCUT2D eigenvalue weighted by atomic mass is 10.4. The van der Waals surface area contributed by atoms with Gasteiger partial charge < -0.3 is 14.2 Å². The van der Waals surface area contributed by atoms with Crippen LogP contribution in [0.5, 0.6) is 0 Å². The second-order valence-corrected chi connectivity index (χ2v) is 4.48. The summed E-state index contributed by atoms with van der Waals surface area (Å²) in [5, 5.41) is 5.40. The molecule has 0 bridgehead atoms. The topological polar surface area (TPSA) is 68.6 Å². The van der Waals surface area contributed by atoms with E-state index in [1.54, 1.807) is 0 Å². The largest absolute Gasteiger partial charge is 0.374 e. The molecule has 0 saturated heterocycles. The van der Waals surface area contributed by atoms with E-state index in [0.717, 1.165) is 16.3 Å². The molecule has 0 aliphatic heterocycles. The summed E-state index contributed by atoms with van der Waals surface area (Å²) in [6, 6.07) is 0. The van der Waals surface area contributed by atoms with Crippen LogP contribution in [0.4, 0.5) is 0 Å². The minimum absolute atomic E-state index is 0.0177. The molecule has 1 N–H and O–H groups in total. The Morgan fingerprint density at radius 2 is 1.62 bits per heavy atom. The maximum atomic E-state index is 8.35. The lowest BCUT2D eigenvalue weighted by Crippen LogP contribution is -2.48. The number of nitrogens with one attached hydrogen (secondary N) is 1. The molecule has 16 heavy (non-hydrogen) atoms. The standard InChI is InChI=1S/C9H22O3Si.CHNO/c1-5-10-8(4)9(13,11-6-2)12-7-3;2-1-3/h8H,5-7H2,1-4,13H3;2H. The average molecular weight is 249 g/mol. The van der Waals surface area contributed by atoms with E-state index in [4.69, 9.17) is 24.4 Å². The molecule has 0 aromatic carbocycles. The van der Waals surface area contributed by atoms with Gasteiger partial charge in [0.25, 0.3) is 0 Å². The van der Waals surface area contributed by atoms with Crippen LogP contribution in [0.3, 0.4) is 0 Å². The average Bonchev–Trinajstić information content (AvgIpc) is 2.20. The van der Waals surface area contributed by atoms with Crippen molar-refractivity contribution in [2.75, 3.05) is 19.8 Å². The molecule has 0 radical (unpaired) electrons. The molecule has 0 aromatic rings. The van der Waals surface area contributed by atoms with E-state index >= 15 is 0 Å². The van der Waals surface area contributed by atoms with Gasteiger partial charge in [-0.2, -0.15) is 0 Å². The van der Waals surface area contributed by atoms with E-state index in [-0.39, 0.29) is 6.10 Å². The van der Waals surface area contributed by atoms with Crippen LogP contribution in [0.25, 0.3) is 0 Å². The zero-order chi connectivity index (χ0) is 13.0. The van der Waals surface area contributed by atoms with Gasteiger partial charge in [-0.25, -0.2) is 10.2 Å². The molecule has 0 aliphatic carbocycles. The number of carbonyl (C=O) groups excluding carboxylic acids is 1. The van der Waals surface area contributed by atoms with Gasteiger partial charge in [-0.1, -0.05) is 0 Å². The first-order valence-corrected chi connectivity index (χ1v) is 6.45. The van der Waals surface area contributed by atoms with E-state index in [2.05, 4.69) is 0 Å². The Bertz CT molecular complexity index is 189. The highest BCUT2D eigenvalue weighted by Gasteiger charge is 2.32. The predicted molar refractivity (Wildman–Crippen MR) is 65.4 cm³/mol. The molecule has 0 rings (SSSR count). The molecule has 0 fully saturated rings. The SMILES string of the molecule is CCOC(C)C([SiH3])(OCC)OCC.N=C=O. The van der Waals surface area contributed by atoms with Crippen molar-refractivity contribution in [3.05, 3.63) is 0 Å². The fraction of sp³-hybridized carbons (Fsp3) is 0.900. The molecule has 0 spiro atoms. The summed E-state index contributed by atoms with van der Waals surface area (Å²) in [7, 11) is 0.816. The Balaban J connectivity index is 0. The third-order valence-corrected chi connectivity index (χ3v) is 3.41. The van der Waals surface area contributed by atoms with Gasteiger partial charge in [-0.15, -0.1) is 0 Å². The third kappa shape index (κ3) is 7.73. The van der Waals surface area contributed by atoms with Crippen molar-refractivity contribution in [3.8, 4) is 0 Å². The predicted octanol–water partition coefficient (Wildman–Crippen LogP) is 0.405. The third-order valence-electron chi connectivity index (χ3n) is 2.02. The Kier molecular flexibility index (Phi) is 12.3. The van der Waals surface area contributed by atoms with Gasteiger partial charge in [0.05, 0.1) is 10.2 Å². The molecular weight excluding hydrogens is 226 g/mol. The molecule has 0 heterocycles. The smallest absolute Gasteiger partial charge is 0.231 e. The highest BCUT2D eigenvalue weighted by atomic mass is 28.1. The second-order valence-electron chi connectivity index (χ2n) is 3.08. The summed E-state index contributed by atoms with van der Waals surface area (Å²) in [6.45, 7) is 9.97. The number of ether oxygens (including phenoxy) is 3. The first kappa shape index (κ1) is 17.9. The van der Waals surface area contributed by atoms with Gasteiger partial charge in [0, 0.05) is 19.8 Å². The second kappa shape index (κ2) is 11.0. The van der Waals surface area contributed by atoms with E-state index in [9.17, 15) is 0 Å². The molecule has 96 valence electrons. The lowest BCUT2D eigenvalue weighted by molar-refractivity contribution is -0.230. The first-order chi connectivity index (χ1) is 7.52. The summed E-state index contributed by atoms with van der Waals surface area (Å²) in [4.78, 5) is 8.35. The first-order valence-electron chi connectivity index (χ1n) is 5.45. The summed E-state index contributed by atoms with van der Waals surface area (Å²) < 4.78 is 16.7. The van der Waals surface area contributed by atoms with Crippen LogP contribution in [0, 0.1) is 5.41 Å². The van der Waals surface area contributed by atoms with Crippen molar-refractivity contribution in [2.45, 2.75) is 39.2 Å². The van der Waals surface area contributed by atoms with Crippen molar-refractivity contribution < 1.29 is 19.0 Å². The zero-order valence-corrected chi connectivity index (χ0v) is 12.8. The maximum absolute atomic E-state index is 8.35. The number of isocyanates is 1. The number of hydrogen-bond acceptors (Lipinski definition) is 5. The van der Waals surface area contributed by atoms with E-state index in [0.29, 0.717) is 19.8 Å². The van der Waals surface area contributed by atoms with Gasteiger partial charge in [-0.05, 0) is 27.7 Å². The molecule has 1 unspecified atom stereocenters. The fourth-order valence-corrected chi connectivity index (χ4v) is 1.99. The van der Waals surface area contributed by atoms with Gasteiger partial charge in [0.1, 0.15) is 6.10 Å². The van der Waals surface area contributed by atoms with Crippen LogP contribution in [-0.2, 0) is 19.0 Å². The van der Waals surface area contributed by atoms with Crippen LogP contribution in [0.2, 0.25) is 0 Å². The van der Waals surface area contributed by atoms with Gasteiger partial charge in [0.2, 0.25) is 6.08 Å². The van der Waals surface area contributed by atoms with Crippen molar-refractivity contribution in [1.29, 1.82) is 5.41 Å². The zero-order valence-electron chi connectivity index (χ0n) is 10.8. The molecule has 1 atom stereocenters. The maximum Gasteiger partial charge on any atom is 0.231 e. The van der Waals surface area contributed by atoms with E-state index in [1.165, 1.54) is 0 Å². The van der Waals surface area contributed by atoms with E-state index in [1.807, 2.05) is 27.7 Å². The van der Waals surface area contributed by atoms with Gasteiger partial charge >= 0.3 is 0 Å². The van der Waals surface area contributed by atoms with Crippen LogP contribution >= 0.6 is 0 Å². The van der Waals surface area contributed by atoms with Crippen LogP contribution in [-0.4, -0.2) is 47.7 Å². The number of rotatable bonds is 7. The Morgan fingerprint density at radius 3 is 1.88 bits per heavy atom. The van der Waals surface area contributed by atoms with Gasteiger partial charge in [0.15, 0.2) is 5.41 Å². The fourth-order valence-electron chi connectivity index (χ4n) is 1.25. The van der Waals surface area contributed by atoms with Gasteiger partial charge in [-0.3, -0.25) is 0 Å². The highest BCUT2D eigenvalue weighted by Crippen LogP contribution is 2.16. The monoisotopic (exact) mass is 249 g/mol. The summed E-state index contributed by atoms with van der Waals surface area (Å²) >= 11 is 0. The number of hydrogen-bond donors (Lipinski definition) is 1. The minimum Gasteiger partial charge on any atom is -0.374 e. The highest BCUT2D eigenvalue weighted by molar-refractivity contribution is 6.13. The summed E-state index contributed by atoms with van der Waals surface area (Å²) in [5.74, 6) is 0. The molecular formula is C10H23NO4Si. The molecule has 0 saturated carbocycles. The van der Waals surface area contributed by atoms with Crippen molar-refractivity contribution in [1.82, 2.24) is 0 Å². The summed E-state index contributed by atoms with van der Waals surface area (Å²) in [5.41, 5.74) is -0.473. The van der Waals surface area contributed by atoms with E-state index < -0.39 is 5.41 Å². The Hall–Kier alpha value is -0.523. The minimum atomic E-state index is -0.473. The molecule has 5 nitrogen and oxygen atoms in total. The molecule has 0 amide bonds. The van der Waals surface area contributed by atoms with Crippen molar-refractivity contribution in [3.63, 3.8) is 0 Å². The van der Waals surface area contributed by atoms with Crippen LogP contribution < -0.4 is 0 Å². The molecule has 6 heteroatoms. The normalized spacial score (nSPS) is 12.5. The Morgan fingerprint density at radius 1 is 1.25 bits per heavy atom.